The molecule has 6 heteroatoms. The molecule has 0 saturated carbocycles. The van der Waals surface area contributed by atoms with Crippen LogP contribution in [-0.2, 0) is 11.3 Å². The number of rotatable bonds is 9. The Balaban J connectivity index is 1.67. The molecular formula is C22H29FN2O3. The van der Waals surface area contributed by atoms with Crippen LogP contribution >= 0.6 is 0 Å². The Hall–Kier alpha value is -2.15. The molecule has 0 amide bonds. The predicted molar refractivity (Wildman–Crippen MR) is 107 cm³/mol. The quantitative estimate of drug-likeness (QED) is 0.713. The van der Waals surface area contributed by atoms with Crippen molar-refractivity contribution in [1.82, 2.24) is 10.2 Å². The highest BCUT2D eigenvalue weighted by atomic mass is 19.1. The van der Waals surface area contributed by atoms with Crippen molar-refractivity contribution in [2.24, 2.45) is 0 Å². The van der Waals surface area contributed by atoms with Gasteiger partial charge >= 0.3 is 0 Å². The lowest BCUT2D eigenvalue weighted by molar-refractivity contribution is 0.0160. The first-order valence-electron chi connectivity index (χ1n) is 9.79. The average Bonchev–Trinajstić information content (AvgIpc) is 2.72. The Kier molecular flexibility index (Phi) is 7.65. The molecule has 0 spiro atoms. The first-order chi connectivity index (χ1) is 13.7. The number of hydrogen-bond acceptors (Lipinski definition) is 5. The Morgan fingerprint density at radius 3 is 2.68 bits per heavy atom. The molecule has 1 unspecified atom stereocenters. The summed E-state index contributed by atoms with van der Waals surface area (Å²) >= 11 is 0. The zero-order valence-electron chi connectivity index (χ0n) is 16.6. The van der Waals surface area contributed by atoms with Gasteiger partial charge < -0.3 is 19.5 Å². The molecule has 0 bridgehead atoms. The monoisotopic (exact) mass is 388 g/mol. The van der Waals surface area contributed by atoms with Crippen LogP contribution < -0.4 is 14.8 Å². The topological polar surface area (TPSA) is 43.0 Å². The number of nitrogens with one attached hydrogen (secondary N) is 1. The summed E-state index contributed by atoms with van der Waals surface area (Å²) in [6.45, 7) is 7.08. The number of benzene rings is 2. The van der Waals surface area contributed by atoms with E-state index < -0.39 is 0 Å². The van der Waals surface area contributed by atoms with E-state index in [1.54, 1.807) is 19.2 Å². The first kappa shape index (κ1) is 20.6. The third kappa shape index (κ3) is 5.44. The van der Waals surface area contributed by atoms with Gasteiger partial charge in [0.1, 0.15) is 5.82 Å². The molecule has 1 aliphatic heterocycles. The van der Waals surface area contributed by atoms with Gasteiger partial charge in [0.15, 0.2) is 11.5 Å². The predicted octanol–water partition coefficient (Wildman–Crippen LogP) is 3.40. The number of nitrogens with zero attached hydrogens (tertiary/aromatic N) is 1. The molecule has 1 saturated heterocycles. The molecule has 0 aromatic heterocycles. The summed E-state index contributed by atoms with van der Waals surface area (Å²) in [5.74, 6) is 1.28. The van der Waals surface area contributed by atoms with Gasteiger partial charge in [0.05, 0.1) is 26.9 Å². The van der Waals surface area contributed by atoms with Gasteiger partial charge in [0, 0.05) is 32.2 Å². The maximum absolute atomic E-state index is 13.8. The van der Waals surface area contributed by atoms with Crippen molar-refractivity contribution in [2.45, 2.75) is 19.5 Å². The van der Waals surface area contributed by atoms with Gasteiger partial charge in [0.25, 0.3) is 0 Å². The molecule has 1 N–H and O–H groups in total. The van der Waals surface area contributed by atoms with Crippen molar-refractivity contribution >= 4 is 0 Å². The van der Waals surface area contributed by atoms with Gasteiger partial charge in [-0.15, -0.1) is 0 Å². The van der Waals surface area contributed by atoms with Gasteiger partial charge in [-0.2, -0.15) is 0 Å². The minimum atomic E-state index is -0.202. The smallest absolute Gasteiger partial charge is 0.161 e. The lowest BCUT2D eigenvalue weighted by Gasteiger charge is -2.35. The zero-order valence-corrected chi connectivity index (χ0v) is 16.6. The Bertz CT molecular complexity index is 750. The van der Waals surface area contributed by atoms with E-state index in [2.05, 4.69) is 10.2 Å². The fraction of sp³-hybridized carbons (Fsp3) is 0.455. The first-order valence-corrected chi connectivity index (χ1v) is 9.79. The second kappa shape index (κ2) is 10.4. The van der Waals surface area contributed by atoms with Gasteiger partial charge in [0.2, 0.25) is 0 Å². The highest BCUT2D eigenvalue weighted by Crippen LogP contribution is 2.28. The SMILES string of the molecule is CCOc1cc(CNCC(c2cccc(F)c2)N2CCOCC2)ccc1OC. The fourth-order valence-electron chi connectivity index (χ4n) is 3.51. The van der Waals surface area contributed by atoms with Crippen molar-refractivity contribution in [3.63, 3.8) is 0 Å². The van der Waals surface area contributed by atoms with E-state index in [0.29, 0.717) is 26.4 Å². The molecule has 28 heavy (non-hydrogen) atoms. The summed E-state index contributed by atoms with van der Waals surface area (Å²) in [6.07, 6.45) is 0. The van der Waals surface area contributed by atoms with E-state index in [0.717, 1.165) is 42.3 Å². The van der Waals surface area contributed by atoms with Crippen molar-refractivity contribution in [3.05, 3.63) is 59.4 Å². The van der Waals surface area contributed by atoms with E-state index >= 15 is 0 Å². The van der Waals surface area contributed by atoms with Crippen LogP contribution in [0.3, 0.4) is 0 Å². The van der Waals surface area contributed by atoms with Crippen molar-refractivity contribution in [2.75, 3.05) is 46.6 Å². The molecule has 0 radical (unpaired) electrons. The molecule has 0 aliphatic carbocycles. The summed E-state index contributed by atoms with van der Waals surface area (Å²) < 4.78 is 30.3. The number of methoxy groups -OCH3 is 1. The van der Waals surface area contributed by atoms with E-state index in [1.807, 2.05) is 31.2 Å². The molecule has 1 aliphatic rings. The fourth-order valence-corrected chi connectivity index (χ4v) is 3.51. The highest BCUT2D eigenvalue weighted by molar-refractivity contribution is 5.43. The van der Waals surface area contributed by atoms with Crippen LogP contribution in [0, 0.1) is 5.82 Å². The molecule has 1 heterocycles. The highest BCUT2D eigenvalue weighted by Gasteiger charge is 2.22. The van der Waals surface area contributed by atoms with E-state index in [9.17, 15) is 4.39 Å². The van der Waals surface area contributed by atoms with Crippen LogP contribution in [0.25, 0.3) is 0 Å². The van der Waals surface area contributed by atoms with Crippen molar-refractivity contribution < 1.29 is 18.6 Å². The molecule has 1 atom stereocenters. The van der Waals surface area contributed by atoms with Gasteiger partial charge in [-0.1, -0.05) is 18.2 Å². The van der Waals surface area contributed by atoms with E-state index in [1.165, 1.54) is 6.07 Å². The third-order valence-electron chi connectivity index (χ3n) is 4.91. The molecule has 2 aromatic rings. The maximum atomic E-state index is 13.8. The second-order valence-electron chi connectivity index (χ2n) is 6.77. The summed E-state index contributed by atoms with van der Waals surface area (Å²) in [5, 5.41) is 3.52. The van der Waals surface area contributed by atoms with Crippen LogP contribution in [0.4, 0.5) is 4.39 Å². The number of halogens is 1. The van der Waals surface area contributed by atoms with Crippen molar-refractivity contribution in [3.8, 4) is 11.5 Å². The Morgan fingerprint density at radius 2 is 1.96 bits per heavy atom. The van der Waals surface area contributed by atoms with E-state index in [4.69, 9.17) is 14.2 Å². The van der Waals surface area contributed by atoms with Gasteiger partial charge in [-0.25, -0.2) is 4.39 Å². The average molecular weight is 388 g/mol. The van der Waals surface area contributed by atoms with Crippen LogP contribution in [0.1, 0.15) is 24.1 Å². The molecule has 152 valence electrons. The normalized spacial score (nSPS) is 16.0. The Labute approximate surface area is 166 Å². The summed E-state index contributed by atoms with van der Waals surface area (Å²) in [7, 11) is 1.64. The molecule has 5 nitrogen and oxygen atoms in total. The maximum Gasteiger partial charge on any atom is 0.161 e. The van der Waals surface area contributed by atoms with Gasteiger partial charge in [-0.3, -0.25) is 4.90 Å². The lowest BCUT2D eigenvalue weighted by atomic mass is 10.0. The lowest BCUT2D eigenvalue weighted by Crippen LogP contribution is -2.42. The minimum Gasteiger partial charge on any atom is -0.493 e. The molecular weight excluding hydrogens is 359 g/mol. The molecule has 2 aromatic carbocycles. The second-order valence-corrected chi connectivity index (χ2v) is 6.77. The van der Waals surface area contributed by atoms with Gasteiger partial charge in [-0.05, 0) is 42.3 Å². The van der Waals surface area contributed by atoms with Crippen LogP contribution in [0.5, 0.6) is 11.5 Å². The zero-order chi connectivity index (χ0) is 19.8. The third-order valence-corrected chi connectivity index (χ3v) is 4.91. The van der Waals surface area contributed by atoms with Crippen LogP contribution in [0.15, 0.2) is 42.5 Å². The number of hydrogen-bond donors (Lipinski definition) is 1. The van der Waals surface area contributed by atoms with E-state index in [-0.39, 0.29) is 11.9 Å². The number of ether oxygens (including phenoxy) is 3. The van der Waals surface area contributed by atoms with Crippen molar-refractivity contribution in [1.29, 1.82) is 0 Å². The molecule has 3 rings (SSSR count). The largest absolute Gasteiger partial charge is 0.493 e. The standard InChI is InChI=1S/C22H29FN2O3/c1-3-28-22-13-17(7-8-21(22)26-2)15-24-16-20(25-9-11-27-12-10-25)18-5-4-6-19(23)14-18/h4-8,13-14,20,24H,3,9-12,15-16H2,1-2H3. The Morgan fingerprint density at radius 1 is 1.14 bits per heavy atom. The molecule has 1 fully saturated rings. The summed E-state index contributed by atoms with van der Waals surface area (Å²) in [4.78, 5) is 2.35. The number of morpholine rings is 1. The summed E-state index contributed by atoms with van der Waals surface area (Å²) in [6, 6.07) is 12.9. The van der Waals surface area contributed by atoms with Crippen LogP contribution in [-0.4, -0.2) is 51.5 Å². The van der Waals surface area contributed by atoms with Crippen LogP contribution in [0.2, 0.25) is 0 Å². The summed E-state index contributed by atoms with van der Waals surface area (Å²) in [5.41, 5.74) is 2.10. The minimum absolute atomic E-state index is 0.101.